The number of alkyl halides is 3. The molecule has 1 aromatic carbocycles. The van der Waals surface area contributed by atoms with Crippen molar-refractivity contribution < 1.29 is 22.8 Å². The number of nitrogens with zero attached hydrogens (tertiary/aromatic N) is 3. The van der Waals surface area contributed by atoms with Crippen molar-refractivity contribution in [3.8, 4) is 0 Å². The molecule has 1 fully saturated rings. The number of benzene rings is 1. The molecule has 154 valence electrons. The van der Waals surface area contributed by atoms with Crippen molar-refractivity contribution in [1.82, 2.24) is 14.8 Å². The van der Waals surface area contributed by atoms with Gasteiger partial charge in [0.15, 0.2) is 0 Å². The van der Waals surface area contributed by atoms with Crippen molar-refractivity contribution in [1.29, 1.82) is 0 Å². The van der Waals surface area contributed by atoms with Gasteiger partial charge in [-0.15, -0.1) is 0 Å². The third-order valence-corrected chi connectivity index (χ3v) is 4.64. The largest absolute Gasteiger partial charge is 0.416 e. The molecule has 2 amide bonds. The number of amides is 2. The highest BCUT2D eigenvalue weighted by Crippen LogP contribution is 2.30. The van der Waals surface area contributed by atoms with Crippen LogP contribution < -0.4 is 5.32 Å². The van der Waals surface area contributed by atoms with E-state index in [2.05, 4.69) is 10.3 Å². The lowest BCUT2D eigenvalue weighted by Gasteiger charge is -2.22. The van der Waals surface area contributed by atoms with Crippen LogP contribution in [0.25, 0.3) is 0 Å². The Kier molecular flexibility index (Phi) is 6.48. The van der Waals surface area contributed by atoms with E-state index in [-0.39, 0.29) is 18.1 Å². The summed E-state index contributed by atoms with van der Waals surface area (Å²) >= 11 is 0. The fraction of sp³-hybridized carbons (Fsp3) is 0.350. The number of rotatable bonds is 4. The molecule has 6 nitrogen and oxygen atoms in total. The number of pyridine rings is 1. The van der Waals surface area contributed by atoms with Gasteiger partial charge in [-0.05, 0) is 36.8 Å². The minimum Gasteiger partial charge on any atom is -0.337 e. The molecule has 2 heterocycles. The number of anilines is 1. The Bertz CT molecular complexity index is 858. The first-order chi connectivity index (χ1) is 13.8. The van der Waals surface area contributed by atoms with Gasteiger partial charge < -0.3 is 10.2 Å². The van der Waals surface area contributed by atoms with Gasteiger partial charge in [0.05, 0.1) is 12.1 Å². The highest BCUT2D eigenvalue weighted by atomic mass is 19.4. The van der Waals surface area contributed by atoms with Crippen LogP contribution in [0.4, 0.5) is 18.9 Å². The zero-order chi connectivity index (χ0) is 20.9. The first-order valence-corrected chi connectivity index (χ1v) is 9.22. The minimum atomic E-state index is -4.46. The lowest BCUT2D eigenvalue weighted by molar-refractivity contribution is -0.137. The molecule has 1 aromatic heterocycles. The second-order valence-electron chi connectivity index (χ2n) is 6.78. The molecule has 2 aromatic rings. The van der Waals surface area contributed by atoms with E-state index in [4.69, 9.17) is 0 Å². The minimum absolute atomic E-state index is 0.0491. The van der Waals surface area contributed by atoms with Crippen molar-refractivity contribution in [3.63, 3.8) is 0 Å². The number of halogens is 3. The van der Waals surface area contributed by atoms with Crippen molar-refractivity contribution >= 4 is 17.5 Å². The number of aromatic nitrogens is 1. The van der Waals surface area contributed by atoms with Gasteiger partial charge >= 0.3 is 6.18 Å². The second-order valence-corrected chi connectivity index (χ2v) is 6.78. The number of nitrogens with one attached hydrogen (secondary N) is 1. The molecule has 1 N–H and O–H groups in total. The lowest BCUT2D eigenvalue weighted by Crippen LogP contribution is -2.38. The average molecular weight is 406 g/mol. The molecular weight excluding hydrogens is 385 g/mol. The predicted molar refractivity (Wildman–Crippen MR) is 101 cm³/mol. The Morgan fingerprint density at radius 3 is 2.52 bits per heavy atom. The molecule has 0 spiro atoms. The molecule has 9 heteroatoms. The molecular formula is C20H21F3N4O2. The van der Waals surface area contributed by atoms with Crippen LogP contribution >= 0.6 is 0 Å². The predicted octanol–water partition coefficient (Wildman–Crippen LogP) is 2.89. The maximum Gasteiger partial charge on any atom is 0.416 e. The van der Waals surface area contributed by atoms with E-state index in [1.807, 2.05) is 4.90 Å². The van der Waals surface area contributed by atoms with Crippen molar-refractivity contribution in [3.05, 3.63) is 59.9 Å². The third-order valence-electron chi connectivity index (χ3n) is 4.64. The van der Waals surface area contributed by atoms with Gasteiger partial charge in [-0.3, -0.25) is 19.5 Å². The van der Waals surface area contributed by atoms with E-state index < -0.39 is 17.6 Å². The van der Waals surface area contributed by atoms with Gasteiger partial charge in [0.25, 0.3) is 5.91 Å². The monoisotopic (exact) mass is 406 g/mol. The number of hydrogen-bond acceptors (Lipinski definition) is 4. The van der Waals surface area contributed by atoms with Crippen LogP contribution in [0.2, 0.25) is 0 Å². The Balaban J connectivity index is 1.54. The first-order valence-electron chi connectivity index (χ1n) is 9.22. The van der Waals surface area contributed by atoms with E-state index in [0.717, 1.165) is 12.1 Å². The van der Waals surface area contributed by atoms with E-state index in [1.165, 1.54) is 12.1 Å². The van der Waals surface area contributed by atoms with Crippen LogP contribution in [0.1, 0.15) is 22.3 Å². The maximum absolute atomic E-state index is 12.8. The zero-order valence-electron chi connectivity index (χ0n) is 15.7. The van der Waals surface area contributed by atoms with Gasteiger partial charge in [-0.25, -0.2) is 0 Å². The van der Waals surface area contributed by atoms with Gasteiger partial charge in [0.2, 0.25) is 5.91 Å². The summed E-state index contributed by atoms with van der Waals surface area (Å²) in [4.78, 5) is 32.3. The normalized spacial score (nSPS) is 15.6. The molecule has 0 aliphatic carbocycles. The molecule has 1 aliphatic heterocycles. The Morgan fingerprint density at radius 2 is 1.79 bits per heavy atom. The quantitative estimate of drug-likeness (QED) is 0.848. The van der Waals surface area contributed by atoms with Crippen LogP contribution in [-0.4, -0.2) is 59.3 Å². The molecule has 0 bridgehead atoms. The van der Waals surface area contributed by atoms with Gasteiger partial charge in [0, 0.05) is 49.8 Å². The van der Waals surface area contributed by atoms with Gasteiger partial charge in [-0.1, -0.05) is 6.07 Å². The smallest absolute Gasteiger partial charge is 0.337 e. The summed E-state index contributed by atoms with van der Waals surface area (Å²) in [5.74, 6) is -0.471. The van der Waals surface area contributed by atoms with Crippen LogP contribution in [0.5, 0.6) is 0 Å². The van der Waals surface area contributed by atoms with Crippen LogP contribution in [0, 0.1) is 0 Å². The molecule has 0 saturated carbocycles. The summed E-state index contributed by atoms with van der Waals surface area (Å²) in [6.45, 7) is 2.22. The molecule has 0 atom stereocenters. The molecule has 0 radical (unpaired) electrons. The first kappa shape index (κ1) is 20.8. The third kappa shape index (κ3) is 5.77. The van der Waals surface area contributed by atoms with E-state index in [9.17, 15) is 22.8 Å². The van der Waals surface area contributed by atoms with Crippen molar-refractivity contribution in [2.75, 3.05) is 38.0 Å². The van der Waals surface area contributed by atoms with Crippen molar-refractivity contribution in [2.24, 2.45) is 0 Å². The molecule has 1 saturated heterocycles. The van der Waals surface area contributed by atoms with Crippen LogP contribution in [0.3, 0.4) is 0 Å². The summed E-state index contributed by atoms with van der Waals surface area (Å²) in [6, 6.07) is 7.87. The molecule has 3 rings (SSSR count). The average Bonchev–Trinajstić information content (AvgIpc) is 2.93. The molecule has 29 heavy (non-hydrogen) atoms. The number of hydrogen-bond donors (Lipinski definition) is 1. The number of carbonyl (C=O) groups excluding carboxylic acids is 2. The Labute approximate surface area is 166 Å². The standard InChI is InChI=1S/C20H21F3N4O2/c21-20(22,23)16-3-1-4-17(13-16)25-18(28)14-26-9-2-10-27(12-11-26)19(29)15-5-7-24-8-6-15/h1,3-8,13H,2,9-12,14H2,(H,25,28). The SMILES string of the molecule is O=C(CN1CCCN(C(=O)c2ccncc2)CC1)Nc1cccc(C(F)(F)F)c1. The van der Waals surface area contributed by atoms with Gasteiger partial charge in [0.1, 0.15) is 0 Å². The summed E-state index contributed by atoms with van der Waals surface area (Å²) in [6.07, 6.45) is -0.630. The molecule has 0 unspecified atom stereocenters. The van der Waals surface area contributed by atoms with Gasteiger partial charge in [-0.2, -0.15) is 13.2 Å². The van der Waals surface area contributed by atoms with E-state index in [0.29, 0.717) is 38.2 Å². The van der Waals surface area contributed by atoms with Crippen LogP contribution in [-0.2, 0) is 11.0 Å². The number of carbonyl (C=O) groups is 2. The Morgan fingerprint density at radius 1 is 1.03 bits per heavy atom. The van der Waals surface area contributed by atoms with E-state index >= 15 is 0 Å². The summed E-state index contributed by atoms with van der Waals surface area (Å²) in [5, 5.41) is 2.51. The fourth-order valence-corrected chi connectivity index (χ4v) is 3.19. The zero-order valence-corrected chi connectivity index (χ0v) is 15.7. The maximum atomic E-state index is 12.8. The highest BCUT2D eigenvalue weighted by molar-refractivity contribution is 5.94. The van der Waals surface area contributed by atoms with Crippen molar-refractivity contribution in [2.45, 2.75) is 12.6 Å². The second kappa shape index (κ2) is 9.04. The highest BCUT2D eigenvalue weighted by Gasteiger charge is 2.30. The fourth-order valence-electron chi connectivity index (χ4n) is 3.19. The van der Waals surface area contributed by atoms with Crippen LogP contribution in [0.15, 0.2) is 48.8 Å². The summed E-state index contributed by atoms with van der Waals surface area (Å²) < 4.78 is 38.4. The summed E-state index contributed by atoms with van der Waals surface area (Å²) in [7, 11) is 0. The lowest BCUT2D eigenvalue weighted by atomic mass is 10.2. The summed E-state index contributed by atoms with van der Waals surface area (Å²) in [5.41, 5.74) is -0.139. The molecule has 1 aliphatic rings. The topological polar surface area (TPSA) is 65.5 Å². The Hall–Kier alpha value is -2.94. The van der Waals surface area contributed by atoms with E-state index in [1.54, 1.807) is 29.4 Å².